The van der Waals surface area contributed by atoms with Crippen molar-refractivity contribution in [1.29, 1.82) is 0 Å². The molecule has 56 valence electrons. The van der Waals surface area contributed by atoms with E-state index in [0.717, 1.165) is 31.2 Å². The first-order chi connectivity index (χ1) is 4.77. The maximum atomic E-state index is 9.81. The fraction of sp³-hybridized carbons (Fsp3) is 0.857. The molecule has 0 unspecified atom stereocenters. The maximum absolute atomic E-state index is 9.81. The van der Waals surface area contributed by atoms with Gasteiger partial charge in [0.05, 0.1) is 0 Å². The van der Waals surface area contributed by atoms with Crippen molar-refractivity contribution in [1.82, 2.24) is 5.32 Å². The zero-order valence-electron chi connectivity index (χ0n) is 6.27. The van der Waals surface area contributed by atoms with Crippen LogP contribution in [0.15, 0.2) is 0 Å². The molecule has 1 aliphatic rings. The minimum atomic E-state index is -0.359. The molecular formula is C7H14AlNO. The second-order valence-corrected chi connectivity index (χ2v) is 3.95. The normalized spacial score (nSPS) is 23.7. The van der Waals surface area contributed by atoms with Gasteiger partial charge < -0.3 is 0 Å². The summed E-state index contributed by atoms with van der Waals surface area (Å²) in [5.74, 6) is 0. The average molecular weight is 155 g/mol. The Hall–Kier alpha value is 0.322. The monoisotopic (exact) mass is 155 g/mol. The van der Waals surface area contributed by atoms with Crippen molar-refractivity contribution < 1.29 is 5.11 Å². The summed E-state index contributed by atoms with van der Waals surface area (Å²) < 4.78 is 0. The van der Waals surface area contributed by atoms with Gasteiger partial charge in [-0.25, -0.2) is 0 Å². The van der Waals surface area contributed by atoms with E-state index in [1.54, 1.807) is 0 Å². The predicted octanol–water partition coefficient (Wildman–Crippen LogP) is -0.345. The zero-order chi connectivity index (χ0) is 7.45. The number of hydrogen-bond donors (Lipinski definition) is 2. The van der Waals surface area contributed by atoms with E-state index in [2.05, 4.69) is 10.7 Å². The van der Waals surface area contributed by atoms with Crippen LogP contribution in [0.3, 0.4) is 0 Å². The third-order valence-electron chi connectivity index (χ3n) is 2.06. The number of hydrogen-bond acceptors (Lipinski definition) is 2. The third kappa shape index (κ3) is 2.18. The van der Waals surface area contributed by atoms with Crippen LogP contribution in [-0.4, -0.2) is 44.0 Å². The number of aliphatic hydroxyl groups is 1. The van der Waals surface area contributed by atoms with Gasteiger partial charge in [-0.2, -0.15) is 0 Å². The molecule has 0 radical (unpaired) electrons. The van der Waals surface area contributed by atoms with E-state index >= 15 is 0 Å². The SMILES string of the molecule is [CH2]=[Al][CH2]C1(O)CCNCC1. The molecule has 0 atom stereocenters. The fourth-order valence-corrected chi connectivity index (χ4v) is 2.31. The number of nitrogens with one attached hydrogen (secondary N) is 1. The molecule has 0 aliphatic carbocycles. The van der Waals surface area contributed by atoms with Gasteiger partial charge in [0.1, 0.15) is 0 Å². The Bertz CT molecular complexity index is 121. The summed E-state index contributed by atoms with van der Waals surface area (Å²) in [6.07, 6.45) is 1.82. The summed E-state index contributed by atoms with van der Waals surface area (Å²) in [5.41, 5.74) is -0.359. The van der Waals surface area contributed by atoms with Gasteiger partial charge in [-0.05, 0) is 0 Å². The van der Waals surface area contributed by atoms with Crippen LogP contribution in [0.4, 0.5) is 0 Å². The molecule has 2 N–H and O–H groups in total. The Kier molecular flexibility index (Phi) is 3.06. The summed E-state index contributed by atoms with van der Waals surface area (Å²) in [6.45, 7) is 1.94. The van der Waals surface area contributed by atoms with E-state index in [9.17, 15) is 5.11 Å². The van der Waals surface area contributed by atoms with Gasteiger partial charge in [-0.3, -0.25) is 0 Å². The summed E-state index contributed by atoms with van der Waals surface area (Å²) in [5, 5.41) is 17.8. The second-order valence-electron chi connectivity index (χ2n) is 2.97. The molecule has 1 heterocycles. The summed E-state index contributed by atoms with van der Waals surface area (Å²) in [4.78, 5) is 0. The van der Waals surface area contributed by atoms with Gasteiger partial charge in [-0.1, -0.05) is 0 Å². The van der Waals surface area contributed by atoms with Crippen molar-refractivity contribution in [3.63, 3.8) is 0 Å². The standard InChI is InChI=1S/C6H12NO.CH2.Al/c1-6(8)2-4-7-5-3-6;;/h7-8H,1-5H2;1H2;. The second kappa shape index (κ2) is 3.64. The van der Waals surface area contributed by atoms with Crippen LogP contribution in [-0.2, 0) is 0 Å². The average Bonchev–Trinajstić information content (AvgIpc) is 1.89. The minimum absolute atomic E-state index is 0.208. The van der Waals surface area contributed by atoms with Crippen LogP contribution in [0.1, 0.15) is 12.8 Å². The quantitative estimate of drug-likeness (QED) is 0.534. The van der Waals surface area contributed by atoms with Crippen LogP contribution < -0.4 is 5.32 Å². The number of piperidine rings is 1. The first-order valence-corrected chi connectivity index (χ1v) is 5.44. The Labute approximate surface area is 67.9 Å². The van der Waals surface area contributed by atoms with E-state index in [1.165, 1.54) is 0 Å². The van der Waals surface area contributed by atoms with E-state index < -0.39 is 0 Å². The molecule has 0 spiro atoms. The Morgan fingerprint density at radius 2 is 2.10 bits per heavy atom. The van der Waals surface area contributed by atoms with Crippen molar-refractivity contribution in [2.75, 3.05) is 13.1 Å². The molecule has 0 amide bonds. The molecule has 0 saturated carbocycles. The first kappa shape index (κ1) is 8.42. The molecule has 3 heteroatoms. The van der Waals surface area contributed by atoms with Gasteiger partial charge in [-0.15, -0.1) is 0 Å². The van der Waals surface area contributed by atoms with Crippen molar-refractivity contribution in [3.8, 4) is 0 Å². The molecule has 0 aromatic carbocycles. The van der Waals surface area contributed by atoms with Crippen molar-refractivity contribution >= 4 is 20.2 Å². The Morgan fingerprint density at radius 3 is 2.60 bits per heavy atom. The molecule has 1 fully saturated rings. The van der Waals surface area contributed by atoms with Gasteiger partial charge in [0.2, 0.25) is 0 Å². The molecule has 0 aromatic rings. The summed E-state index contributed by atoms with van der Waals surface area (Å²) in [7, 11) is 0. The molecule has 1 aliphatic heterocycles. The summed E-state index contributed by atoms with van der Waals surface area (Å²) in [6, 6.07) is 0. The molecule has 10 heavy (non-hydrogen) atoms. The van der Waals surface area contributed by atoms with Gasteiger partial charge in [0.25, 0.3) is 0 Å². The van der Waals surface area contributed by atoms with Gasteiger partial charge in [0.15, 0.2) is 0 Å². The molecule has 1 saturated heterocycles. The van der Waals surface area contributed by atoms with Crippen LogP contribution in [0.5, 0.6) is 0 Å². The first-order valence-electron chi connectivity index (χ1n) is 3.81. The van der Waals surface area contributed by atoms with Gasteiger partial charge in [0, 0.05) is 0 Å². The predicted molar refractivity (Wildman–Crippen MR) is 44.7 cm³/mol. The van der Waals surface area contributed by atoms with Crippen molar-refractivity contribution in [2.45, 2.75) is 23.7 Å². The molecule has 1 rings (SSSR count). The molecule has 0 bridgehead atoms. The molecule has 0 aromatic heterocycles. The van der Waals surface area contributed by atoms with Crippen LogP contribution in [0.25, 0.3) is 0 Å². The number of rotatable bonds is 2. The third-order valence-corrected chi connectivity index (χ3v) is 3.11. The van der Waals surface area contributed by atoms with E-state index in [1.807, 2.05) is 0 Å². The van der Waals surface area contributed by atoms with E-state index in [0.29, 0.717) is 0 Å². The fourth-order valence-electron chi connectivity index (χ4n) is 1.36. The topological polar surface area (TPSA) is 32.3 Å². The van der Waals surface area contributed by atoms with Crippen LogP contribution in [0.2, 0.25) is 5.28 Å². The van der Waals surface area contributed by atoms with Crippen LogP contribution >= 0.6 is 0 Å². The van der Waals surface area contributed by atoms with E-state index in [-0.39, 0.29) is 20.4 Å². The van der Waals surface area contributed by atoms with Crippen LogP contribution in [0, 0.1) is 0 Å². The summed E-state index contributed by atoms with van der Waals surface area (Å²) >= 11 is 0.208. The van der Waals surface area contributed by atoms with E-state index in [4.69, 9.17) is 0 Å². The molecular weight excluding hydrogens is 141 g/mol. The molecule has 2 nitrogen and oxygen atoms in total. The Balaban J connectivity index is 2.39. The zero-order valence-corrected chi connectivity index (χ0v) is 7.42. The van der Waals surface area contributed by atoms with Crippen molar-refractivity contribution in [2.24, 2.45) is 0 Å². The van der Waals surface area contributed by atoms with Gasteiger partial charge >= 0.3 is 67.4 Å². The van der Waals surface area contributed by atoms with Crippen molar-refractivity contribution in [3.05, 3.63) is 0 Å². The Morgan fingerprint density at radius 1 is 1.50 bits per heavy atom.